The minimum atomic E-state index is -0.193. The van der Waals surface area contributed by atoms with E-state index in [1.54, 1.807) is 6.07 Å². The normalized spacial score (nSPS) is 12.4. The van der Waals surface area contributed by atoms with Crippen LogP contribution in [0.2, 0.25) is 0 Å². The summed E-state index contributed by atoms with van der Waals surface area (Å²) in [7, 11) is 0. The van der Waals surface area contributed by atoms with Gasteiger partial charge in [-0.05, 0) is 48.2 Å². The van der Waals surface area contributed by atoms with Gasteiger partial charge in [-0.2, -0.15) is 0 Å². The van der Waals surface area contributed by atoms with Gasteiger partial charge in [0.15, 0.2) is 0 Å². The molecule has 0 bridgehead atoms. The van der Waals surface area contributed by atoms with Crippen molar-refractivity contribution in [1.29, 1.82) is 0 Å². The molecule has 3 heteroatoms. The molecule has 0 spiro atoms. The second kappa shape index (κ2) is 6.53. The molecular formula is C16H15BrClF. The third-order valence-electron chi connectivity index (χ3n) is 3.31. The highest BCUT2D eigenvalue weighted by Gasteiger charge is 2.15. The van der Waals surface area contributed by atoms with Crippen molar-refractivity contribution in [2.75, 3.05) is 5.88 Å². The van der Waals surface area contributed by atoms with Gasteiger partial charge in [-0.1, -0.05) is 40.2 Å². The van der Waals surface area contributed by atoms with Crippen molar-refractivity contribution in [2.24, 2.45) is 0 Å². The third-order valence-corrected chi connectivity index (χ3v) is 4.40. The maximum absolute atomic E-state index is 13.3. The Morgan fingerprint density at radius 2 is 1.95 bits per heavy atom. The van der Waals surface area contributed by atoms with Crippen LogP contribution in [0, 0.1) is 12.7 Å². The maximum atomic E-state index is 13.3. The molecule has 0 saturated heterocycles. The Hall–Kier alpha value is -0.860. The molecule has 0 aliphatic heterocycles. The first kappa shape index (κ1) is 14.5. The van der Waals surface area contributed by atoms with E-state index >= 15 is 0 Å². The standard InChI is InChI=1S/C16H15BrClF/c1-11-6-7-14(19)9-12(11)8-13(10-18)15-4-2-3-5-16(15)17/h2-7,9,13H,8,10H2,1H3. The summed E-state index contributed by atoms with van der Waals surface area (Å²) >= 11 is 9.65. The summed E-state index contributed by atoms with van der Waals surface area (Å²) in [6.07, 6.45) is 0.746. The second-order valence-corrected chi connectivity index (χ2v) is 5.81. The number of hydrogen-bond donors (Lipinski definition) is 0. The molecule has 19 heavy (non-hydrogen) atoms. The van der Waals surface area contributed by atoms with E-state index in [1.165, 1.54) is 11.6 Å². The van der Waals surface area contributed by atoms with Crippen LogP contribution in [0.15, 0.2) is 46.9 Å². The molecule has 0 aliphatic carbocycles. The lowest BCUT2D eigenvalue weighted by Gasteiger charge is -2.17. The van der Waals surface area contributed by atoms with E-state index in [2.05, 4.69) is 22.0 Å². The number of aryl methyl sites for hydroxylation is 1. The van der Waals surface area contributed by atoms with Gasteiger partial charge in [0.25, 0.3) is 0 Å². The quantitative estimate of drug-likeness (QED) is 0.648. The molecule has 0 saturated carbocycles. The number of alkyl halides is 1. The van der Waals surface area contributed by atoms with Gasteiger partial charge >= 0.3 is 0 Å². The number of halogens is 3. The van der Waals surface area contributed by atoms with Crippen LogP contribution in [0.4, 0.5) is 4.39 Å². The van der Waals surface area contributed by atoms with Crippen molar-refractivity contribution >= 4 is 27.5 Å². The molecule has 2 aromatic carbocycles. The van der Waals surface area contributed by atoms with E-state index in [-0.39, 0.29) is 11.7 Å². The average molecular weight is 342 g/mol. The predicted molar refractivity (Wildman–Crippen MR) is 82.4 cm³/mol. The molecule has 0 nitrogen and oxygen atoms in total. The van der Waals surface area contributed by atoms with Crippen LogP contribution in [0.5, 0.6) is 0 Å². The molecule has 100 valence electrons. The van der Waals surface area contributed by atoms with Gasteiger partial charge in [0.05, 0.1) is 0 Å². The topological polar surface area (TPSA) is 0 Å². The summed E-state index contributed by atoms with van der Waals surface area (Å²) in [5, 5.41) is 0. The first-order valence-corrected chi connectivity index (χ1v) is 7.50. The molecule has 0 N–H and O–H groups in total. The van der Waals surface area contributed by atoms with E-state index in [9.17, 15) is 4.39 Å². The Balaban J connectivity index is 2.29. The fraction of sp³-hybridized carbons (Fsp3) is 0.250. The van der Waals surface area contributed by atoms with Crippen LogP contribution in [0.1, 0.15) is 22.6 Å². The van der Waals surface area contributed by atoms with Gasteiger partial charge in [0.1, 0.15) is 5.82 Å². The average Bonchev–Trinajstić information content (AvgIpc) is 2.41. The molecule has 0 radical (unpaired) electrons. The third kappa shape index (κ3) is 3.58. The fourth-order valence-electron chi connectivity index (χ4n) is 2.18. The first-order chi connectivity index (χ1) is 9.11. The highest BCUT2D eigenvalue weighted by Crippen LogP contribution is 2.29. The van der Waals surface area contributed by atoms with Gasteiger partial charge in [-0.15, -0.1) is 11.6 Å². The first-order valence-electron chi connectivity index (χ1n) is 6.17. The number of rotatable bonds is 4. The molecule has 0 fully saturated rings. The SMILES string of the molecule is Cc1ccc(F)cc1CC(CCl)c1ccccc1Br. The van der Waals surface area contributed by atoms with E-state index in [0.717, 1.165) is 22.0 Å². The summed E-state index contributed by atoms with van der Waals surface area (Å²) in [5.74, 6) is 0.497. The minimum absolute atomic E-state index is 0.178. The van der Waals surface area contributed by atoms with Crippen LogP contribution in [-0.2, 0) is 6.42 Å². The minimum Gasteiger partial charge on any atom is -0.207 e. The maximum Gasteiger partial charge on any atom is 0.123 e. The predicted octanol–water partition coefficient (Wildman–Crippen LogP) is 5.46. The van der Waals surface area contributed by atoms with E-state index < -0.39 is 0 Å². The van der Waals surface area contributed by atoms with Gasteiger partial charge in [-0.25, -0.2) is 4.39 Å². The lowest BCUT2D eigenvalue weighted by Crippen LogP contribution is -2.07. The largest absolute Gasteiger partial charge is 0.207 e. The van der Waals surface area contributed by atoms with Crippen molar-refractivity contribution in [1.82, 2.24) is 0 Å². The molecule has 2 aromatic rings. The van der Waals surface area contributed by atoms with Crippen LogP contribution < -0.4 is 0 Å². The van der Waals surface area contributed by atoms with Gasteiger partial charge in [-0.3, -0.25) is 0 Å². The Labute approximate surface area is 126 Å². The van der Waals surface area contributed by atoms with Crippen molar-refractivity contribution in [3.8, 4) is 0 Å². The summed E-state index contributed by atoms with van der Waals surface area (Å²) in [6, 6.07) is 13.0. The summed E-state index contributed by atoms with van der Waals surface area (Å²) in [5.41, 5.74) is 3.28. The fourth-order valence-corrected chi connectivity index (χ4v) is 3.06. The summed E-state index contributed by atoms with van der Waals surface area (Å²) < 4.78 is 14.4. The molecule has 0 heterocycles. The molecule has 0 amide bonds. The van der Waals surface area contributed by atoms with Crippen molar-refractivity contribution in [3.63, 3.8) is 0 Å². The highest BCUT2D eigenvalue weighted by molar-refractivity contribution is 9.10. The van der Waals surface area contributed by atoms with Crippen molar-refractivity contribution < 1.29 is 4.39 Å². The zero-order valence-corrected chi connectivity index (χ0v) is 13.0. The Bertz CT molecular complexity index is 568. The van der Waals surface area contributed by atoms with E-state index in [0.29, 0.717) is 5.88 Å². The molecule has 0 aliphatic rings. The Kier molecular flexibility index (Phi) is 5.00. The zero-order chi connectivity index (χ0) is 13.8. The number of hydrogen-bond acceptors (Lipinski definition) is 0. The van der Waals surface area contributed by atoms with Crippen LogP contribution >= 0.6 is 27.5 Å². The van der Waals surface area contributed by atoms with E-state index in [4.69, 9.17) is 11.6 Å². The Morgan fingerprint density at radius 3 is 2.63 bits per heavy atom. The van der Waals surface area contributed by atoms with E-state index in [1.807, 2.05) is 31.2 Å². The lowest BCUT2D eigenvalue weighted by molar-refractivity contribution is 0.622. The molecule has 1 atom stereocenters. The van der Waals surface area contributed by atoms with Crippen LogP contribution in [0.25, 0.3) is 0 Å². The summed E-state index contributed by atoms with van der Waals surface area (Å²) in [6.45, 7) is 2.00. The smallest absolute Gasteiger partial charge is 0.123 e. The van der Waals surface area contributed by atoms with Crippen molar-refractivity contribution in [2.45, 2.75) is 19.3 Å². The number of benzene rings is 2. The summed E-state index contributed by atoms with van der Waals surface area (Å²) in [4.78, 5) is 0. The monoisotopic (exact) mass is 340 g/mol. The van der Waals surface area contributed by atoms with Gasteiger partial charge in [0, 0.05) is 16.3 Å². The highest BCUT2D eigenvalue weighted by atomic mass is 79.9. The molecular weight excluding hydrogens is 327 g/mol. The zero-order valence-electron chi connectivity index (χ0n) is 10.7. The molecule has 1 unspecified atom stereocenters. The molecule has 2 rings (SSSR count). The van der Waals surface area contributed by atoms with Crippen LogP contribution in [0.3, 0.4) is 0 Å². The second-order valence-electron chi connectivity index (χ2n) is 4.65. The van der Waals surface area contributed by atoms with Gasteiger partial charge < -0.3 is 0 Å². The van der Waals surface area contributed by atoms with Gasteiger partial charge in [0.2, 0.25) is 0 Å². The molecule has 0 aromatic heterocycles. The van der Waals surface area contributed by atoms with Crippen LogP contribution in [-0.4, -0.2) is 5.88 Å². The van der Waals surface area contributed by atoms with Crippen molar-refractivity contribution in [3.05, 3.63) is 69.4 Å². The lowest BCUT2D eigenvalue weighted by atomic mass is 9.91. The Morgan fingerprint density at radius 1 is 1.21 bits per heavy atom.